The van der Waals surface area contributed by atoms with Gasteiger partial charge in [0.05, 0.1) is 5.69 Å². The van der Waals surface area contributed by atoms with Crippen molar-refractivity contribution in [2.24, 2.45) is 0 Å². The average Bonchev–Trinajstić information content (AvgIpc) is 2.86. The van der Waals surface area contributed by atoms with E-state index < -0.39 is 0 Å². The van der Waals surface area contributed by atoms with Gasteiger partial charge in [0.15, 0.2) is 0 Å². The van der Waals surface area contributed by atoms with Crippen LogP contribution in [0, 0.1) is 12.7 Å². The lowest BCUT2D eigenvalue weighted by molar-refractivity contribution is 0.618. The van der Waals surface area contributed by atoms with E-state index in [9.17, 15) is 4.39 Å². The molecule has 2 nitrogen and oxygen atoms in total. The molecule has 3 rings (SSSR count). The van der Waals surface area contributed by atoms with Crippen LogP contribution in [0.3, 0.4) is 0 Å². The minimum absolute atomic E-state index is 0.270. The van der Waals surface area contributed by atoms with Crippen LogP contribution in [0.15, 0.2) is 47.5 Å². The second kappa shape index (κ2) is 6.96. The molecule has 21 heavy (non-hydrogen) atoms. The average molecular weight is 323 g/mol. The van der Waals surface area contributed by atoms with Crippen LogP contribution in [0.2, 0.25) is 0 Å². The molecule has 0 unspecified atom stereocenters. The van der Waals surface area contributed by atoms with E-state index in [1.54, 1.807) is 10.5 Å². The third-order valence-electron chi connectivity index (χ3n) is 3.04. The highest BCUT2D eigenvalue weighted by Crippen LogP contribution is 2.28. The van der Waals surface area contributed by atoms with Gasteiger partial charge in [-0.25, -0.2) is 9.37 Å². The largest absolute Gasteiger partial charge is 0.301 e. The summed E-state index contributed by atoms with van der Waals surface area (Å²) in [7, 11) is 6.87. The molecule has 110 valence electrons. The number of aromatic nitrogens is 2. The highest BCUT2D eigenvalue weighted by molar-refractivity contribution is 8.21. The topological polar surface area (TPSA) is 17.3 Å². The van der Waals surface area contributed by atoms with E-state index >= 15 is 0 Å². The molecule has 0 N–H and O–H groups in total. The minimum atomic E-state index is -0.270. The van der Waals surface area contributed by atoms with Gasteiger partial charge >= 0.3 is 0 Å². The Balaban J connectivity index is 0.000000774. The summed E-state index contributed by atoms with van der Waals surface area (Å²) in [5.74, 6) is -0.270. The highest BCUT2D eigenvalue weighted by atomic mass is 35.7. The van der Waals surface area contributed by atoms with Crippen LogP contribution in [0.5, 0.6) is 0 Å². The molecular weight excluding hydrogens is 307 g/mol. The number of hydrogen-bond acceptors (Lipinski definition) is 2. The van der Waals surface area contributed by atoms with Gasteiger partial charge in [-0.2, -0.15) is 0 Å². The Kier molecular flexibility index (Phi) is 5.26. The highest BCUT2D eigenvalue weighted by Gasteiger charge is 2.10. The van der Waals surface area contributed by atoms with Crippen molar-refractivity contribution in [2.75, 3.05) is 0 Å². The number of aryl methyl sites for hydroxylation is 1. The normalized spacial score (nSPS) is 10.3. The predicted octanol–water partition coefficient (Wildman–Crippen LogP) is 5.72. The lowest BCUT2D eigenvalue weighted by Crippen LogP contribution is -1.89. The van der Waals surface area contributed by atoms with Crippen molar-refractivity contribution in [3.05, 3.63) is 54.1 Å². The fraction of sp³-hybridized carbons (Fsp3) is 0.188. The van der Waals surface area contributed by atoms with Crippen molar-refractivity contribution in [1.29, 1.82) is 0 Å². The molecule has 0 fully saturated rings. The molecule has 0 amide bonds. The molecule has 0 aliphatic rings. The lowest BCUT2D eigenvalue weighted by atomic mass is 10.1. The Morgan fingerprint density at radius 3 is 2.38 bits per heavy atom. The maximum Gasteiger partial charge on any atom is 0.139 e. The van der Waals surface area contributed by atoms with Gasteiger partial charge in [-0.3, -0.25) is 0 Å². The molecule has 3 aromatic rings. The molecule has 1 aromatic carbocycles. The van der Waals surface area contributed by atoms with Crippen LogP contribution >= 0.6 is 21.7 Å². The number of pyridine rings is 1. The van der Waals surface area contributed by atoms with Crippen molar-refractivity contribution >= 4 is 27.3 Å². The summed E-state index contributed by atoms with van der Waals surface area (Å²) < 4.78 is 15.0. The van der Waals surface area contributed by atoms with E-state index in [2.05, 4.69) is 4.98 Å². The van der Waals surface area contributed by atoms with Gasteiger partial charge in [-0.15, -0.1) is 0 Å². The zero-order valence-corrected chi connectivity index (χ0v) is 13.7. The molecular formula is C16H16ClFN2S. The lowest BCUT2D eigenvalue weighted by Gasteiger charge is -2.00. The van der Waals surface area contributed by atoms with Crippen molar-refractivity contribution < 1.29 is 4.39 Å². The monoisotopic (exact) mass is 322 g/mol. The molecule has 0 aliphatic heterocycles. The summed E-state index contributed by atoms with van der Waals surface area (Å²) in [5, 5.41) is 0. The van der Waals surface area contributed by atoms with Crippen LogP contribution in [0.1, 0.15) is 19.5 Å². The number of fused-ring (bicyclic) bond motifs is 1. The molecule has 0 atom stereocenters. The van der Waals surface area contributed by atoms with Crippen molar-refractivity contribution in [3.63, 3.8) is 0 Å². The number of rotatable bonds is 2. The van der Waals surface area contributed by atoms with E-state index in [1.807, 2.05) is 45.0 Å². The number of hydrogen-bond donors (Lipinski definition) is 0. The first kappa shape index (κ1) is 15.9. The fourth-order valence-electron chi connectivity index (χ4n) is 2.07. The number of imidazole rings is 1. The number of nitrogens with zero attached hydrogens (tertiary/aromatic N) is 2. The van der Waals surface area contributed by atoms with Gasteiger partial charge in [-0.05, 0) is 52.8 Å². The summed E-state index contributed by atoms with van der Waals surface area (Å²) in [6.45, 7) is 5.93. The first-order valence-electron chi connectivity index (χ1n) is 6.72. The molecule has 0 saturated carbocycles. The number of benzene rings is 1. The summed E-state index contributed by atoms with van der Waals surface area (Å²) in [4.78, 5) is 5.52. The molecule has 0 spiro atoms. The van der Waals surface area contributed by atoms with Crippen molar-refractivity contribution in [1.82, 2.24) is 9.38 Å². The Bertz CT molecular complexity index is 738. The van der Waals surface area contributed by atoms with E-state index in [0.29, 0.717) is 0 Å². The molecule has 2 aromatic heterocycles. The smallest absolute Gasteiger partial charge is 0.139 e. The number of halogens is 2. The zero-order chi connectivity index (χ0) is 15.4. The molecule has 0 aliphatic carbocycles. The van der Waals surface area contributed by atoms with Crippen LogP contribution in [-0.2, 0) is 0 Å². The van der Waals surface area contributed by atoms with Gasteiger partial charge in [-0.1, -0.05) is 26.0 Å². The molecule has 5 heteroatoms. The summed E-state index contributed by atoms with van der Waals surface area (Å²) >= 11 is 0. The fourth-order valence-corrected chi connectivity index (χ4v) is 2.62. The van der Waals surface area contributed by atoms with Crippen LogP contribution in [0.25, 0.3) is 16.9 Å². The first-order valence-corrected chi connectivity index (χ1v) is 8.36. The van der Waals surface area contributed by atoms with Gasteiger partial charge in [0.2, 0.25) is 0 Å². The van der Waals surface area contributed by atoms with Gasteiger partial charge in [0.1, 0.15) is 11.5 Å². The summed E-state index contributed by atoms with van der Waals surface area (Å²) in [6.07, 6.45) is 1.45. The summed E-state index contributed by atoms with van der Waals surface area (Å²) in [6, 6.07) is 10.9. The Morgan fingerprint density at radius 2 is 1.76 bits per heavy atom. The minimum Gasteiger partial charge on any atom is -0.301 e. The van der Waals surface area contributed by atoms with Crippen LogP contribution in [0.4, 0.5) is 4.39 Å². The Hall–Kier alpha value is -1.52. The van der Waals surface area contributed by atoms with E-state index in [0.717, 1.165) is 27.5 Å². The van der Waals surface area contributed by atoms with Crippen LogP contribution < -0.4 is 0 Å². The van der Waals surface area contributed by atoms with E-state index in [4.69, 9.17) is 10.7 Å². The second-order valence-corrected chi connectivity index (χ2v) is 5.31. The van der Waals surface area contributed by atoms with Crippen molar-refractivity contribution in [3.8, 4) is 11.3 Å². The molecule has 0 saturated heterocycles. The quantitative estimate of drug-likeness (QED) is 0.600. The Morgan fingerprint density at radius 1 is 1.10 bits per heavy atom. The third-order valence-corrected chi connectivity index (χ3v) is 4.02. The molecule has 0 radical (unpaired) electrons. The maximum atomic E-state index is 13.3. The molecule has 2 heterocycles. The maximum absolute atomic E-state index is 13.3. The predicted molar refractivity (Wildman–Crippen MR) is 88.4 cm³/mol. The van der Waals surface area contributed by atoms with Gasteiger partial charge < -0.3 is 4.40 Å². The van der Waals surface area contributed by atoms with Crippen LogP contribution in [-0.4, -0.2) is 9.38 Å². The van der Waals surface area contributed by atoms with Crippen molar-refractivity contribution in [2.45, 2.75) is 25.7 Å². The Labute approximate surface area is 132 Å². The summed E-state index contributed by atoms with van der Waals surface area (Å²) in [5.41, 5.74) is 3.51. The van der Waals surface area contributed by atoms with E-state index in [1.165, 1.54) is 23.2 Å². The standard InChI is InChI=1S/C14H10ClFN2S.C2H6/c1-9-14(10-2-5-12(19-15)6-3-10)17-13-7-4-11(16)8-18(9)13;1-2/h2-8H,1H3;1-2H3. The third kappa shape index (κ3) is 3.22. The zero-order valence-electron chi connectivity index (χ0n) is 12.1. The second-order valence-electron chi connectivity index (χ2n) is 4.22. The molecule has 0 bridgehead atoms. The van der Waals surface area contributed by atoms with E-state index in [-0.39, 0.29) is 5.82 Å². The van der Waals surface area contributed by atoms with Gasteiger partial charge in [0, 0.05) is 22.3 Å². The SMILES string of the molecule is CC.Cc1c(-c2ccc(SCl)cc2)nc2ccc(F)cn12. The first-order chi connectivity index (χ1) is 10.2. The van der Waals surface area contributed by atoms with Gasteiger partial charge in [0.25, 0.3) is 0 Å².